The molecule has 1 heterocycles. The summed E-state index contributed by atoms with van der Waals surface area (Å²) in [6, 6.07) is 7.98. The first-order valence-electron chi connectivity index (χ1n) is 4.61. The van der Waals surface area contributed by atoms with E-state index < -0.39 is 7.34 Å². The average molecular weight is 210 g/mol. The van der Waals surface area contributed by atoms with Gasteiger partial charge in [-0.2, -0.15) is 0 Å². The van der Waals surface area contributed by atoms with Crippen LogP contribution < -0.4 is 4.52 Å². The van der Waals surface area contributed by atoms with Crippen LogP contribution in [0.5, 0.6) is 5.75 Å². The number of para-hydroxylation sites is 1. The van der Waals surface area contributed by atoms with Gasteiger partial charge in [0.25, 0.3) is 0 Å². The van der Waals surface area contributed by atoms with Gasteiger partial charge in [-0.3, -0.25) is 0 Å². The molecule has 0 radical (unpaired) electrons. The van der Waals surface area contributed by atoms with Crippen molar-refractivity contribution in [3.05, 3.63) is 29.8 Å². The Kier molecular flexibility index (Phi) is 2.02. The molecule has 0 fully saturated rings. The van der Waals surface area contributed by atoms with Crippen LogP contribution in [0, 0.1) is 0 Å². The number of hydrogen-bond donors (Lipinski definition) is 0. The highest BCUT2D eigenvalue weighted by molar-refractivity contribution is 7.64. The fourth-order valence-electron chi connectivity index (χ4n) is 1.80. The zero-order chi connectivity index (χ0) is 10.4. The second-order valence-corrected chi connectivity index (χ2v) is 6.60. The molecule has 0 bridgehead atoms. The predicted octanol–water partition coefficient (Wildman–Crippen LogP) is 3.24. The predicted molar refractivity (Wildman–Crippen MR) is 61.1 cm³/mol. The number of benzene rings is 1. The van der Waals surface area contributed by atoms with Gasteiger partial charge in [-0.1, -0.05) is 18.2 Å². The topological polar surface area (TPSA) is 18.5 Å². The summed E-state index contributed by atoms with van der Waals surface area (Å²) in [5.41, 5.74) is 0.806. The van der Waals surface area contributed by atoms with Gasteiger partial charge in [0.1, 0.15) is 5.75 Å². The minimum absolute atomic E-state index is 0.293. The van der Waals surface area contributed by atoms with Crippen LogP contribution in [0.4, 0.5) is 0 Å². The molecule has 0 aromatic heterocycles. The summed E-state index contributed by atoms with van der Waals surface area (Å²) in [5.74, 6) is 0.912. The molecule has 1 aliphatic rings. The van der Waals surface area contributed by atoms with Crippen LogP contribution in [0.15, 0.2) is 24.3 Å². The van der Waals surface area contributed by atoms with E-state index >= 15 is 0 Å². The molecular formula is C11H15O2P. The van der Waals surface area contributed by atoms with E-state index in [0.717, 1.165) is 11.3 Å². The SMILES string of the molecule is C=P1(C)Oc2ccccc2C(C)(C)O1. The molecule has 0 saturated heterocycles. The number of hydrogen-bond acceptors (Lipinski definition) is 2. The molecule has 1 unspecified atom stereocenters. The van der Waals surface area contributed by atoms with Crippen LogP contribution in [0.2, 0.25) is 0 Å². The van der Waals surface area contributed by atoms with Crippen LogP contribution in [0.3, 0.4) is 0 Å². The van der Waals surface area contributed by atoms with Gasteiger partial charge in [0.15, 0.2) is 7.34 Å². The van der Waals surface area contributed by atoms with Crippen LogP contribution in [0.25, 0.3) is 0 Å². The quantitative estimate of drug-likeness (QED) is 0.612. The van der Waals surface area contributed by atoms with Crippen molar-refractivity contribution in [2.24, 2.45) is 0 Å². The Morgan fingerprint density at radius 3 is 2.64 bits per heavy atom. The van der Waals surface area contributed by atoms with E-state index in [2.05, 4.69) is 20.1 Å². The first-order valence-corrected chi connectivity index (χ1v) is 6.87. The molecule has 1 atom stereocenters. The average Bonchev–Trinajstić information content (AvgIpc) is 2.00. The molecule has 3 heteroatoms. The van der Waals surface area contributed by atoms with Gasteiger partial charge in [-0.05, 0) is 26.2 Å². The van der Waals surface area contributed by atoms with E-state index in [1.807, 2.05) is 30.9 Å². The summed E-state index contributed by atoms with van der Waals surface area (Å²) in [7, 11) is -1.94. The van der Waals surface area contributed by atoms with Gasteiger partial charge in [0.2, 0.25) is 0 Å². The largest absolute Gasteiger partial charge is 0.453 e. The molecule has 1 aliphatic heterocycles. The number of rotatable bonds is 0. The van der Waals surface area contributed by atoms with Crippen molar-refractivity contribution in [3.63, 3.8) is 0 Å². The van der Waals surface area contributed by atoms with E-state index in [1.54, 1.807) is 0 Å². The van der Waals surface area contributed by atoms with Crippen LogP contribution in [0.1, 0.15) is 19.4 Å². The molecular weight excluding hydrogens is 195 g/mol. The van der Waals surface area contributed by atoms with Crippen molar-refractivity contribution in [1.29, 1.82) is 0 Å². The van der Waals surface area contributed by atoms with Crippen molar-refractivity contribution in [3.8, 4) is 5.75 Å². The minimum atomic E-state index is -1.94. The third-order valence-corrected chi connectivity index (χ3v) is 3.67. The summed E-state index contributed by atoms with van der Waals surface area (Å²) in [5, 5.41) is 0. The monoisotopic (exact) mass is 210 g/mol. The fourth-order valence-corrected chi connectivity index (χ4v) is 3.48. The molecule has 0 N–H and O–H groups in total. The lowest BCUT2D eigenvalue weighted by Gasteiger charge is -2.39. The lowest BCUT2D eigenvalue weighted by molar-refractivity contribution is 0.0959. The van der Waals surface area contributed by atoms with Gasteiger partial charge in [-0.25, -0.2) is 0 Å². The summed E-state index contributed by atoms with van der Waals surface area (Å²) >= 11 is 0. The standard InChI is InChI=1S/C11H15O2P/c1-11(2)9-7-5-6-8-10(9)12-14(3,4)13-11/h5-8H,3H2,1-2,4H3. The Morgan fingerprint density at radius 1 is 1.29 bits per heavy atom. The van der Waals surface area contributed by atoms with Crippen LogP contribution in [-0.2, 0) is 10.1 Å². The van der Waals surface area contributed by atoms with E-state index in [1.165, 1.54) is 0 Å². The van der Waals surface area contributed by atoms with E-state index in [0.29, 0.717) is 0 Å². The van der Waals surface area contributed by atoms with E-state index in [-0.39, 0.29) is 5.60 Å². The number of fused-ring (bicyclic) bond motifs is 1. The van der Waals surface area contributed by atoms with Crippen molar-refractivity contribution in [2.45, 2.75) is 19.4 Å². The maximum atomic E-state index is 5.87. The van der Waals surface area contributed by atoms with Gasteiger partial charge < -0.3 is 9.05 Å². The summed E-state index contributed by atoms with van der Waals surface area (Å²) < 4.78 is 11.6. The van der Waals surface area contributed by atoms with E-state index in [9.17, 15) is 0 Å². The molecule has 2 nitrogen and oxygen atoms in total. The highest BCUT2D eigenvalue weighted by Gasteiger charge is 2.35. The van der Waals surface area contributed by atoms with Gasteiger partial charge in [-0.15, -0.1) is 0 Å². The van der Waals surface area contributed by atoms with Gasteiger partial charge in [0, 0.05) is 12.2 Å². The van der Waals surface area contributed by atoms with Crippen LogP contribution in [-0.4, -0.2) is 13.0 Å². The molecule has 0 aliphatic carbocycles. The van der Waals surface area contributed by atoms with Gasteiger partial charge in [0.05, 0.1) is 5.60 Å². The Morgan fingerprint density at radius 2 is 1.93 bits per heavy atom. The molecule has 14 heavy (non-hydrogen) atoms. The highest BCUT2D eigenvalue weighted by atomic mass is 31.2. The molecule has 1 aromatic rings. The maximum absolute atomic E-state index is 5.87. The summed E-state index contributed by atoms with van der Waals surface area (Å²) in [4.78, 5) is 0. The Labute approximate surface area is 85.0 Å². The lowest BCUT2D eigenvalue weighted by Crippen LogP contribution is -2.26. The minimum Gasteiger partial charge on any atom is -0.453 e. The Hall–Kier alpha value is -0.720. The Balaban J connectivity index is 2.58. The molecule has 76 valence electrons. The first kappa shape index (κ1) is 9.82. The third kappa shape index (κ3) is 1.60. The zero-order valence-electron chi connectivity index (χ0n) is 8.78. The molecule has 0 spiro atoms. The highest BCUT2D eigenvalue weighted by Crippen LogP contribution is 2.56. The molecule has 0 amide bonds. The molecule has 2 rings (SSSR count). The van der Waals surface area contributed by atoms with Crippen molar-refractivity contribution >= 4 is 13.6 Å². The van der Waals surface area contributed by atoms with Crippen LogP contribution >= 0.6 is 7.34 Å². The fraction of sp³-hybridized carbons (Fsp3) is 0.364. The van der Waals surface area contributed by atoms with Crippen molar-refractivity contribution < 1.29 is 9.05 Å². The van der Waals surface area contributed by atoms with Crippen molar-refractivity contribution in [2.75, 3.05) is 6.66 Å². The van der Waals surface area contributed by atoms with Gasteiger partial charge >= 0.3 is 0 Å². The normalized spacial score (nSPS) is 29.1. The zero-order valence-corrected chi connectivity index (χ0v) is 9.67. The first-order chi connectivity index (χ1) is 6.41. The smallest absolute Gasteiger partial charge is 0.165 e. The summed E-state index contributed by atoms with van der Waals surface area (Å²) in [6.45, 7) is 6.04. The van der Waals surface area contributed by atoms with E-state index in [4.69, 9.17) is 9.05 Å². The second kappa shape index (κ2) is 2.88. The lowest BCUT2D eigenvalue weighted by atomic mass is 9.98. The third-order valence-electron chi connectivity index (χ3n) is 2.25. The molecule has 1 aromatic carbocycles. The second-order valence-electron chi connectivity index (χ2n) is 4.20. The maximum Gasteiger partial charge on any atom is 0.165 e. The van der Waals surface area contributed by atoms with Crippen molar-refractivity contribution in [1.82, 2.24) is 0 Å². The molecule has 0 saturated carbocycles. The Bertz CT molecular complexity index is 410. The summed E-state index contributed by atoms with van der Waals surface area (Å²) in [6.07, 6.45) is 3.99.